The lowest BCUT2D eigenvalue weighted by atomic mass is 9.77. The number of alkyl carbamates (subject to hydrolysis) is 1. The van der Waals surface area contributed by atoms with E-state index in [-0.39, 0.29) is 23.9 Å². The van der Waals surface area contributed by atoms with Crippen LogP contribution in [-0.4, -0.2) is 31.0 Å². The molecule has 3 rings (SSSR count). The lowest BCUT2D eigenvalue weighted by molar-refractivity contribution is 0.00578. The first-order chi connectivity index (χ1) is 15.0. The maximum atomic E-state index is 14.0. The smallest absolute Gasteiger partial charge is 0.445 e. The second kappa shape index (κ2) is 9.52. The third-order valence-electron chi connectivity index (χ3n) is 5.66. The van der Waals surface area contributed by atoms with Crippen LogP contribution in [0.4, 0.5) is 14.9 Å². The third kappa shape index (κ3) is 5.62. The molecule has 0 unspecified atom stereocenters. The highest BCUT2D eigenvalue weighted by Crippen LogP contribution is 2.39. The molecule has 32 heavy (non-hydrogen) atoms. The Bertz CT molecular complexity index is 999. The van der Waals surface area contributed by atoms with Crippen molar-refractivity contribution in [2.24, 2.45) is 0 Å². The lowest BCUT2D eigenvalue weighted by Gasteiger charge is -2.32. The van der Waals surface area contributed by atoms with Crippen LogP contribution >= 0.6 is 11.6 Å². The zero-order chi connectivity index (χ0) is 23.5. The summed E-state index contributed by atoms with van der Waals surface area (Å²) in [6.07, 6.45) is 1.02. The van der Waals surface area contributed by atoms with E-state index >= 15 is 0 Å². The molecular weight excluding hydrogens is 434 g/mol. The number of rotatable bonds is 6. The summed E-state index contributed by atoms with van der Waals surface area (Å²) in [6.45, 7) is 7.86. The second-order valence-corrected chi connectivity index (χ2v) is 9.03. The molecule has 1 aliphatic rings. The van der Waals surface area contributed by atoms with E-state index in [0.717, 1.165) is 5.56 Å². The van der Waals surface area contributed by atoms with Crippen molar-refractivity contribution in [3.8, 4) is 0 Å². The van der Waals surface area contributed by atoms with E-state index in [0.29, 0.717) is 11.0 Å². The van der Waals surface area contributed by atoms with Gasteiger partial charge in [-0.1, -0.05) is 48.0 Å². The standard InChI is InChI=1S/C23H27BClFN2O4/c1-22(2)23(3,4)32-24(31-22)17(10-16-11-19(26)20(27)12-18(16)25)13-28-21(29)30-14-15-8-6-5-7-9-15/h5-12H,13-14,27H2,1-4H3,(H,28,29). The van der Waals surface area contributed by atoms with E-state index in [1.165, 1.54) is 12.1 Å². The van der Waals surface area contributed by atoms with Crippen LogP contribution < -0.4 is 11.1 Å². The van der Waals surface area contributed by atoms with E-state index in [1.807, 2.05) is 58.0 Å². The second-order valence-electron chi connectivity index (χ2n) is 8.62. The molecule has 170 valence electrons. The number of ether oxygens (including phenoxy) is 1. The Hall–Kier alpha value is -2.55. The summed E-state index contributed by atoms with van der Waals surface area (Å²) in [6, 6.07) is 11.9. The first-order valence-electron chi connectivity index (χ1n) is 10.2. The van der Waals surface area contributed by atoms with Gasteiger partial charge in [-0.05, 0) is 56.4 Å². The van der Waals surface area contributed by atoms with Gasteiger partial charge in [0.15, 0.2) is 0 Å². The Morgan fingerprint density at radius 1 is 1.19 bits per heavy atom. The number of anilines is 1. The average Bonchev–Trinajstić information content (AvgIpc) is 2.95. The van der Waals surface area contributed by atoms with Crippen molar-refractivity contribution in [1.82, 2.24) is 5.32 Å². The summed E-state index contributed by atoms with van der Waals surface area (Å²) in [7, 11) is -0.772. The summed E-state index contributed by atoms with van der Waals surface area (Å²) in [4.78, 5) is 12.3. The van der Waals surface area contributed by atoms with Gasteiger partial charge in [-0.2, -0.15) is 0 Å². The molecule has 0 aromatic heterocycles. The minimum atomic E-state index is -0.772. The number of nitrogens with two attached hydrogens (primary N) is 1. The fourth-order valence-electron chi connectivity index (χ4n) is 3.03. The quantitative estimate of drug-likeness (QED) is 0.468. The molecule has 3 N–H and O–H groups in total. The molecule has 0 saturated carbocycles. The van der Waals surface area contributed by atoms with Crippen molar-refractivity contribution in [1.29, 1.82) is 0 Å². The molecule has 1 aliphatic heterocycles. The molecule has 6 nitrogen and oxygen atoms in total. The molecule has 0 aliphatic carbocycles. The van der Waals surface area contributed by atoms with Gasteiger partial charge >= 0.3 is 13.2 Å². The molecule has 1 fully saturated rings. The zero-order valence-corrected chi connectivity index (χ0v) is 19.3. The maximum Gasteiger partial charge on any atom is 0.492 e. The van der Waals surface area contributed by atoms with Crippen LogP contribution in [0.5, 0.6) is 0 Å². The van der Waals surface area contributed by atoms with Gasteiger partial charge in [0.1, 0.15) is 12.4 Å². The van der Waals surface area contributed by atoms with Crippen LogP contribution in [0.15, 0.2) is 47.9 Å². The maximum absolute atomic E-state index is 14.0. The molecule has 2 aromatic carbocycles. The topological polar surface area (TPSA) is 82.8 Å². The Labute approximate surface area is 193 Å². The van der Waals surface area contributed by atoms with Crippen molar-refractivity contribution < 1.29 is 23.2 Å². The summed E-state index contributed by atoms with van der Waals surface area (Å²) in [5.74, 6) is -0.593. The first kappa shape index (κ1) is 24.1. The third-order valence-corrected chi connectivity index (χ3v) is 5.99. The van der Waals surface area contributed by atoms with E-state index in [2.05, 4.69) is 5.32 Å². The van der Waals surface area contributed by atoms with Gasteiger partial charge in [0.2, 0.25) is 0 Å². The normalized spacial score (nSPS) is 17.3. The van der Waals surface area contributed by atoms with Crippen molar-refractivity contribution in [3.05, 3.63) is 69.9 Å². The van der Waals surface area contributed by atoms with E-state index in [1.54, 1.807) is 6.08 Å². The monoisotopic (exact) mass is 460 g/mol. The van der Waals surface area contributed by atoms with Gasteiger partial charge in [-0.25, -0.2) is 9.18 Å². The number of hydrogen-bond donors (Lipinski definition) is 2. The highest BCUT2D eigenvalue weighted by Gasteiger charge is 2.52. The molecule has 1 amide bonds. The Morgan fingerprint density at radius 3 is 2.44 bits per heavy atom. The molecule has 2 aromatic rings. The largest absolute Gasteiger partial charge is 0.492 e. The van der Waals surface area contributed by atoms with Crippen LogP contribution in [0, 0.1) is 5.82 Å². The number of halogens is 2. The van der Waals surface area contributed by atoms with Crippen LogP contribution in [0.3, 0.4) is 0 Å². The molecule has 1 saturated heterocycles. The lowest BCUT2D eigenvalue weighted by Crippen LogP contribution is -2.41. The van der Waals surface area contributed by atoms with Gasteiger partial charge in [-0.15, -0.1) is 0 Å². The number of carbonyl (C=O) groups excluding carboxylic acids is 1. The van der Waals surface area contributed by atoms with E-state index in [9.17, 15) is 9.18 Å². The predicted molar refractivity (Wildman–Crippen MR) is 125 cm³/mol. The van der Waals surface area contributed by atoms with Crippen molar-refractivity contribution in [2.45, 2.75) is 45.5 Å². The Balaban J connectivity index is 1.78. The van der Waals surface area contributed by atoms with Crippen molar-refractivity contribution >= 4 is 36.6 Å². The van der Waals surface area contributed by atoms with Crippen LogP contribution in [-0.2, 0) is 20.7 Å². The SMILES string of the molecule is CC1(C)OB(C(=Cc2cc(F)c(N)cc2Cl)CNC(=O)OCc2ccccc2)OC1(C)C. The number of nitrogens with one attached hydrogen (secondary N) is 1. The minimum absolute atomic E-state index is 0.0484. The summed E-state index contributed by atoms with van der Waals surface area (Å²) >= 11 is 6.26. The summed E-state index contributed by atoms with van der Waals surface area (Å²) in [5, 5.41) is 2.97. The first-order valence-corrected chi connectivity index (χ1v) is 10.6. The molecule has 0 bridgehead atoms. The van der Waals surface area contributed by atoms with Gasteiger partial charge in [0.05, 0.1) is 21.9 Å². The molecule has 0 spiro atoms. The zero-order valence-electron chi connectivity index (χ0n) is 18.6. The minimum Gasteiger partial charge on any atom is -0.445 e. The Kier molecular flexibility index (Phi) is 7.17. The van der Waals surface area contributed by atoms with Gasteiger partial charge in [0, 0.05) is 6.54 Å². The highest BCUT2D eigenvalue weighted by molar-refractivity contribution is 6.56. The van der Waals surface area contributed by atoms with Crippen LogP contribution in [0.1, 0.15) is 38.8 Å². The van der Waals surface area contributed by atoms with Gasteiger partial charge < -0.3 is 25.1 Å². The van der Waals surface area contributed by atoms with Crippen molar-refractivity contribution in [2.75, 3.05) is 12.3 Å². The molecule has 1 heterocycles. The number of amides is 1. The van der Waals surface area contributed by atoms with Crippen LogP contribution in [0.25, 0.3) is 6.08 Å². The fourth-order valence-corrected chi connectivity index (χ4v) is 3.26. The average molecular weight is 461 g/mol. The predicted octanol–water partition coefficient (Wildman–Crippen LogP) is 5.00. The van der Waals surface area contributed by atoms with Gasteiger partial charge in [0.25, 0.3) is 0 Å². The molecule has 0 radical (unpaired) electrons. The van der Waals surface area contributed by atoms with E-state index in [4.69, 9.17) is 31.4 Å². The molecule has 9 heteroatoms. The summed E-state index contributed by atoms with van der Waals surface area (Å²) < 4.78 is 31.5. The van der Waals surface area contributed by atoms with Gasteiger partial charge in [-0.3, -0.25) is 0 Å². The van der Waals surface area contributed by atoms with Crippen LogP contribution in [0.2, 0.25) is 5.02 Å². The highest BCUT2D eigenvalue weighted by atomic mass is 35.5. The number of benzene rings is 2. The van der Waals surface area contributed by atoms with Crippen molar-refractivity contribution in [3.63, 3.8) is 0 Å². The van der Waals surface area contributed by atoms with E-state index < -0.39 is 30.2 Å². The molecular formula is C23H27BClFN2O4. The number of carbonyl (C=O) groups is 1. The molecule has 0 atom stereocenters. The Morgan fingerprint density at radius 2 is 1.81 bits per heavy atom. The summed E-state index contributed by atoms with van der Waals surface area (Å²) in [5.41, 5.74) is 6.16. The number of hydrogen-bond acceptors (Lipinski definition) is 5. The fraction of sp³-hybridized carbons (Fsp3) is 0.348. The number of nitrogen functional groups attached to an aromatic ring is 1.